The molecule has 2 aromatic rings. The van der Waals surface area contributed by atoms with E-state index < -0.39 is 0 Å². The molecule has 0 saturated carbocycles. The summed E-state index contributed by atoms with van der Waals surface area (Å²) >= 11 is 0. The zero-order chi connectivity index (χ0) is 13.7. The van der Waals surface area contributed by atoms with Crippen LogP contribution in [0.25, 0.3) is 0 Å². The molecule has 0 aliphatic heterocycles. The predicted molar refractivity (Wildman–Crippen MR) is 74.7 cm³/mol. The first kappa shape index (κ1) is 13.3. The van der Waals surface area contributed by atoms with Crippen LogP contribution in [0.3, 0.4) is 0 Å². The van der Waals surface area contributed by atoms with Gasteiger partial charge in [-0.05, 0) is 49.2 Å². The highest BCUT2D eigenvalue weighted by molar-refractivity contribution is 5.76. The molecule has 19 heavy (non-hydrogen) atoms. The van der Waals surface area contributed by atoms with E-state index in [9.17, 15) is 4.79 Å². The average molecular weight is 255 g/mol. The molecule has 0 aliphatic rings. The molecule has 1 aromatic carbocycles. The third-order valence-corrected chi connectivity index (χ3v) is 2.95. The van der Waals surface area contributed by atoms with Crippen LogP contribution in [-0.2, 0) is 6.42 Å². The molecular weight excluding hydrogens is 238 g/mol. The highest BCUT2D eigenvalue weighted by Gasteiger charge is 2.06. The van der Waals surface area contributed by atoms with Crippen molar-refractivity contribution in [3.05, 3.63) is 58.9 Å². The Labute approximate surface area is 113 Å². The summed E-state index contributed by atoms with van der Waals surface area (Å²) in [6, 6.07) is 9.54. The quantitative estimate of drug-likeness (QED) is 0.770. The van der Waals surface area contributed by atoms with Crippen molar-refractivity contribution in [3.63, 3.8) is 0 Å². The summed E-state index contributed by atoms with van der Waals surface area (Å²) < 4.78 is 5.82. The lowest BCUT2D eigenvalue weighted by Crippen LogP contribution is -2.05. The van der Waals surface area contributed by atoms with E-state index in [2.05, 4.69) is 4.98 Å². The van der Waals surface area contributed by atoms with Gasteiger partial charge in [0, 0.05) is 23.9 Å². The second-order valence-electron chi connectivity index (χ2n) is 4.52. The number of ether oxygens (including phenoxy) is 1. The zero-order valence-corrected chi connectivity index (χ0v) is 11.2. The second kappa shape index (κ2) is 6.14. The van der Waals surface area contributed by atoms with Gasteiger partial charge in [-0.1, -0.05) is 6.07 Å². The van der Waals surface area contributed by atoms with Crippen LogP contribution in [0.1, 0.15) is 27.2 Å². The molecule has 0 atom stereocenters. The van der Waals surface area contributed by atoms with Crippen molar-refractivity contribution in [3.8, 4) is 5.75 Å². The minimum Gasteiger partial charge on any atom is -0.493 e. The SMILES string of the molecule is Cc1cc(C=O)cc(C)c1OCCc1ccccn1. The van der Waals surface area contributed by atoms with Gasteiger partial charge < -0.3 is 4.74 Å². The van der Waals surface area contributed by atoms with Crippen molar-refractivity contribution in [2.45, 2.75) is 20.3 Å². The van der Waals surface area contributed by atoms with E-state index in [0.29, 0.717) is 12.2 Å². The van der Waals surface area contributed by atoms with Crippen LogP contribution in [0.4, 0.5) is 0 Å². The number of aromatic nitrogens is 1. The molecule has 1 heterocycles. The van der Waals surface area contributed by atoms with E-state index in [1.54, 1.807) is 6.20 Å². The van der Waals surface area contributed by atoms with Gasteiger partial charge in [0.2, 0.25) is 0 Å². The van der Waals surface area contributed by atoms with Crippen LogP contribution in [0.2, 0.25) is 0 Å². The highest BCUT2D eigenvalue weighted by atomic mass is 16.5. The molecule has 0 saturated heterocycles. The monoisotopic (exact) mass is 255 g/mol. The molecule has 0 N–H and O–H groups in total. The Morgan fingerprint density at radius 3 is 2.53 bits per heavy atom. The van der Waals surface area contributed by atoms with E-state index in [1.165, 1.54) is 0 Å². The molecule has 0 fully saturated rings. The number of aryl methyl sites for hydroxylation is 2. The number of carbonyl (C=O) groups is 1. The van der Waals surface area contributed by atoms with E-state index >= 15 is 0 Å². The molecule has 0 aliphatic carbocycles. The minimum atomic E-state index is 0.582. The molecule has 2 rings (SSSR count). The molecule has 0 radical (unpaired) electrons. The maximum absolute atomic E-state index is 10.8. The summed E-state index contributed by atoms with van der Waals surface area (Å²) in [6.07, 6.45) is 3.41. The second-order valence-corrected chi connectivity index (χ2v) is 4.52. The van der Waals surface area contributed by atoms with E-state index in [1.807, 2.05) is 44.2 Å². The molecular formula is C16H17NO2. The fourth-order valence-electron chi connectivity index (χ4n) is 2.08. The topological polar surface area (TPSA) is 39.2 Å². The van der Waals surface area contributed by atoms with Crippen molar-refractivity contribution in [2.75, 3.05) is 6.61 Å². The van der Waals surface area contributed by atoms with Gasteiger partial charge in [-0.15, -0.1) is 0 Å². The summed E-state index contributed by atoms with van der Waals surface area (Å²) in [5, 5.41) is 0. The van der Waals surface area contributed by atoms with Gasteiger partial charge in [-0.2, -0.15) is 0 Å². The van der Waals surface area contributed by atoms with E-state index in [-0.39, 0.29) is 0 Å². The Morgan fingerprint density at radius 2 is 1.95 bits per heavy atom. The highest BCUT2D eigenvalue weighted by Crippen LogP contribution is 2.24. The standard InChI is InChI=1S/C16H17NO2/c1-12-9-14(11-18)10-13(2)16(12)19-8-6-15-5-3-4-7-17-15/h3-5,7,9-11H,6,8H2,1-2H3. The molecule has 98 valence electrons. The number of aldehydes is 1. The Bertz CT molecular complexity index is 541. The van der Waals surface area contributed by atoms with E-state index in [4.69, 9.17) is 4.74 Å². The molecule has 3 nitrogen and oxygen atoms in total. The molecule has 1 aromatic heterocycles. The van der Waals surface area contributed by atoms with Gasteiger partial charge in [-0.3, -0.25) is 9.78 Å². The average Bonchev–Trinajstić information content (AvgIpc) is 2.42. The minimum absolute atomic E-state index is 0.582. The van der Waals surface area contributed by atoms with Crippen LogP contribution in [0, 0.1) is 13.8 Å². The van der Waals surface area contributed by atoms with Crippen molar-refractivity contribution in [2.24, 2.45) is 0 Å². The molecule has 0 unspecified atom stereocenters. The number of benzene rings is 1. The molecule has 3 heteroatoms. The molecule has 0 bridgehead atoms. The van der Waals surface area contributed by atoms with Gasteiger partial charge in [0.05, 0.1) is 6.61 Å². The fourth-order valence-corrected chi connectivity index (χ4v) is 2.08. The summed E-state index contributed by atoms with van der Waals surface area (Å²) in [6.45, 7) is 4.49. The smallest absolute Gasteiger partial charge is 0.150 e. The Hall–Kier alpha value is -2.16. The van der Waals surface area contributed by atoms with Crippen molar-refractivity contribution < 1.29 is 9.53 Å². The van der Waals surface area contributed by atoms with Crippen LogP contribution in [-0.4, -0.2) is 17.9 Å². The normalized spacial score (nSPS) is 10.2. The number of nitrogens with zero attached hydrogens (tertiary/aromatic N) is 1. The van der Waals surface area contributed by atoms with Crippen LogP contribution >= 0.6 is 0 Å². The third-order valence-electron chi connectivity index (χ3n) is 2.95. The van der Waals surface area contributed by atoms with Crippen molar-refractivity contribution >= 4 is 6.29 Å². The van der Waals surface area contributed by atoms with Crippen LogP contribution < -0.4 is 4.74 Å². The summed E-state index contributed by atoms with van der Waals surface area (Å²) in [7, 11) is 0. The third kappa shape index (κ3) is 3.41. The summed E-state index contributed by atoms with van der Waals surface area (Å²) in [4.78, 5) is 15.0. The Balaban J connectivity index is 2.02. The predicted octanol–water partition coefficient (Wildman–Crippen LogP) is 3.13. The van der Waals surface area contributed by atoms with Gasteiger partial charge in [0.25, 0.3) is 0 Å². The van der Waals surface area contributed by atoms with Gasteiger partial charge >= 0.3 is 0 Å². The molecule has 0 spiro atoms. The lowest BCUT2D eigenvalue weighted by atomic mass is 10.1. The number of hydrogen-bond donors (Lipinski definition) is 0. The first-order chi connectivity index (χ1) is 9.20. The maximum atomic E-state index is 10.8. The largest absolute Gasteiger partial charge is 0.493 e. The number of rotatable bonds is 5. The van der Waals surface area contributed by atoms with Gasteiger partial charge in [0.1, 0.15) is 12.0 Å². The summed E-state index contributed by atoms with van der Waals surface area (Å²) in [5.74, 6) is 0.863. The van der Waals surface area contributed by atoms with Crippen molar-refractivity contribution in [1.82, 2.24) is 4.98 Å². The lowest BCUT2D eigenvalue weighted by molar-refractivity contribution is 0.112. The first-order valence-electron chi connectivity index (χ1n) is 6.30. The van der Waals surface area contributed by atoms with E-state index in [0.717, 1.165) is 35.3 Å². The Morgan fingerprint density at radius 1 is 1.21 bits per heavy atom. The number of carbonyl (C=O) groups excluding carboxylic acids is 1. The number of hydrogen-bond acceptors (Lipinski definition) is 3. The van der Waals surface area contributed by atoms with Crippen LogP contribution in [0.15, 0.2) is 36.5 Å². The van der Waals surface area contributed by atoms with Crippen LogP contribution in [0.5, 0.6) is 5.75 Å². The van der Waals surface area contributed by atoms with Gasteiger partial charge in [-0.25, -0.2) is 0 Å². The first-order valence-corrected chi connectivity index (χ1v) is 6.30. The lowest BCUT2D eigenvalue weighted by Gasteiger charge is -2.12. The zero-order valence-electron chi connectivity index (χ0n) is 11.2. The fraction of sp³-hybridized carbons (Fsp3) is 0.250. The van der Waals surface area contributed by atoms with Gasteiger partial charge in [0.15, 0.2) is 0 Å². The maximum Gasteiger partial charge on any atom is 0.150 e. The summed E-state index contributed by atoms with van der Waals surface area (Å²) in [5.41, 5.74) is 3.68. The van der Waals surface area contributed by atoms with Crippen molar-refractivity contribution in [1.29, 1.82) is 0 Å². The molecule has 0 amide bonds. The number of pyridine rings is 1. The Kier molecular flexibility index (Phi) is 4.29.